The van der Waals surface area contributed by atoms with Crippen LogP contribution in [0.4, 0.5) is 11.4 Å². The van der Waals surface area contributed by atoms with Crippen molar-refractivity contribution in [3.63, 3.8) is 0 Å². The number of non-ortho nitro benzene ring substituents is 1. The number of ether oxygens (including phenoxy) is 1. The highest BCUT2D eigenvalue weighted by Crippen LogP contribution is 2.29. The molecule has 3 rings (SSSR count). The maximum atomic E-state index is 12.6. The highest BCUT2D eigenvalue weighted by molar-refractivity contribution is 6.34. The molecule has 0 saturated heterocycles. The molecule has 0 aliphatic rings. The fourth-order valence-corrected chi connectivity index (χ4v) is 2.44. The minimum absolute atomic E-state index is 0.153. The number of nitro benzene ring substituents is 1. The van der Waals surface area contributed by atoms with Crippen LogP contribution in [0.1, 0.15) is 10.4 Å². The second kappa shape index (κ2) is 7.67. The van der Waals surface area contributed by atoms with Crippen LogP contribution >= 0.6 is 11.6 Å². The van der Waals surface area contributed by atoms with E-state index in [-0.39, 0.29) is 22.0 Å². The lowest BCUT2D eigenvalue weighted by atomic mass is 10.1. The van der Waals surface area contributed by atoms with Crippen LogP contribution in [0.3, 0.4) is 0 Å². The minimum atomic E-state index is -0.557. The number of benzene rings is 3. The van der Waals surface area contributed by atoms with E-state index in [0.717, 1.165) is 0 Å². The van der Waals surface area contributed by atoms with Crippen molar-refractivity contribution in [2.24, 2.45) is 0 Å². The SMILES string of the molecule is O=C(Nc1cc([N+](=O)[O-])ccc1Cl)c1ccccc1Oc1ccccc1. The zero-order valence-corrected chi connectivity index (χ0v) is 14.1. The van der Waals surface area contributed by atoms with E-state index in [0.29, 0.717) is 11.5 Å². The van der Waals surface area contributed by atoms with Crippen LogP contribution in [0.5, 0.6) is 11.5 Å². The molecule has 0 spiro atoms. The van der Waals surface area contributed by atoms with Gasteiger partial charge < -0.3 is 10.1 Å². The molecule has 0 unspecified atom stereocenters. The molecule has 0 aliphatic heterocycles. The highest BCUT2D eigenvalue weighted by atomic mass is 35.5. The molecule has 0 bridgehead atoms. The summed E-state index contributed by atoms with van der Waals surface area (Å²) >= 11 is 6.03. The van der Waals surface area contributed by atoms with Gasteiger partial charge in [-0.15, -0.1) is 0 Å². The zero-order chi connectivity index (χ0) is 18.5. The Morgan fingerprint density at radius 3 is 2.42 bits per heavy atom. The van der Waals surface area contributed by atoms with Gasteiger partial charge >= 0.3 is 0 Å². The van der Waals surface area contributed by atoms with Gasteiger partial charge in [0.2, 0.25) is 0 Å². The predicted octanol–water partition coefficient (Wildman–Crippen LogP) is 5.29. The number of carbonyl (C=O) groups is 1. The molecule has 0 atom stereocenters. The number of nitrogens with one attached hydrogen (secondary N) is 1. The monoisotopic (exact) mass is 368 g/mol. The number of halogens is 1. The molecule has 0 aromatic heterocycles. The van der Waals surface area contributed by atoms with Gasteiger partial charge in [-0.25, -0.2) is 0 Å². The molecule has 0 fully saturated rings. The smallest absolute Gasteiger partial charge is 0.271 e. The van der Waals surface area contributed by atoms with Gasteiger partial charge in [0.15, 0.2) is 0 Å². The fraction of sp³-hybridized carbons (Fsp3) is 0. The third-order valence-electron chi connectivity index (χ3n) is 3.51. The van der Waals surface area contributed by atoms with Gasteiger partial charge in [-0.05, 0) is 30.3 Å². The van der Waals surface area contributed by atoms with E-state index in [1.807, 2.05) is 18.2 Å². The summed E-state index contributed by atoms with van der Waals surface area (Å²) in [5.41, 5.74) is 0.262. The Hall–Kier alpha value is -3.38. The molecule has 0 saturated carbocycles. The number of para-hydroxylation sites is 2. The number of carbonyl (C=O) groups excluding carboxylic acids is 1. The minimum Gasteiger partial charge on any atom is -0.457 e. The number of hydrogen-bond donors (Lipinski definition) is 1. The van der Waals surface area contributed by atoms with Crippen molar-refractivity contribution in [3.8, 4) is 11.5 Å². The zero-order valence-electron chi connectivity index (χ0n) is 13.4. The molecule has 0 aliphatic carbocycles. The molecule has 26 heavy (non-hydrogen) atoms. The molecule has 1 N–H and O–H groups in total. The number of amides is 1. The molecule has 0 radical (unpaired) electrons. The van der Waals surface area contributed by atoms with Crippen LogP contribution in [-0.4, -0.2) is 10.8 Å². The Balaban J connectivity index is 1.87. The van der Waals surface area contributed by atoms with Gasteiger partial charge in [0.1, 0.15) is 11.5 Å². The summed E-state index contributed by atoms with van der Waals surface area (Å²) in [5.74, 6) is 0.456. The number of nitro groups is 1. The van der Waals surface area contributed by atoms with Crippen molar-refractivity contribution in [3.05, 3.63) is 93.5 Å². The summed E-state index contributed by atoms with van der Waals surface area (Å²) in [6.07, 6.45) is 0. The normalized spacial score (nSPS) is 10.2. The van der Waals surface area contributed by atoms with Crippen LogP contribution in [0.15, 0.2) is 72.8 Å². The number of hydrogen-bond acceptors (Lipinski definition) is 4. The van der Waals surface area contributed by atoms with Crippen LogP contribution < -0.4 is 10.1 Å². The van der Waals surface area contributed by atoms with Crippen molar-refractivity contribution in [2.75, 3.05) is 5.32 Å². The lowest BCUT2D eigenvalue weighted by molar-refractivity contribution is -0.384. The average molecular weight is 369 g/mol. The van der Waals surface area contributed by atoms with E-state index in [1.165, 1.54) is 18.2 Å². The van der Waals surface area contributed by atoms with Crippen LogP contribution in [0.25, 0.3) is 0 Å². The van der Waals surface area contributed by atoms with Gasteiger partial charge in [-0.1, -0.05) is 41.9 Å². The summed E-state index contributed by atoms with van der Waals surface area (Å²) in [6, 6.07) is 19.6. The van der Waals surface area contributed by atoms with Crippen LogP contribution in [0.2, 0.25) is 5.02 Å². The lowest BCUT2D eigenvalue weighted by Crippen LogP contribution is -2.13. The molecule has 7 heteroatoms. The third kappa shape index (κ3) is 3.99. The number of nitrogens with zero attached hydrogens (tertiary/aromatic N) is 1. The molecule has 1 amide bonds. The average Bonchev–Trinajstić information content (AvgIpc) is 2.64. The largest absolute Gasteiger partial charge is 0.457 e. The Morgan fingerprint density at radius 1 is 1.00 bits per heavy atom. The molecular formula is C19H13ClN2O4. The Morgan fingerprint density at radius 2 is 1.69 bits per heavy atom. The third-order valence-corrected chi connectivity index (χ3v) is 3.84. The number of anilines is 1. The molecule has 6 nitrogen and oxygen atoms in total. The second-order valence-electron chi connectivity index (χ2n) is 5.29. The van der Waals surface area contributed by atoms with Crippen molar-refractivity contribution >= 4 is 28.9 Å². The van der Waals surface area contributed by atoms with Gasteiger partial charge in [-0.2, -0.15) is 0 Å². The van der Waals surface area contributed by atoms with E-state index in [4.69, 9.17) is 16.3 Å². The first kappa shape index (κ1) is 17.4. The van der Waals surface area contributed by atoms with E-state index in [2.05, 4.69) is 5.32 Å². The maximum Gasteiger partial charge on any atom is 0.271 e. The van der Waals surface area contributed by atoms with E-state index >= 15 is 0 Å². The van der Waals surface area contributed by atoms with E-state index in [1.54, 1.807) is 36.4 Å². The van der Waals surface area contributed by atoms with Gasteiger partial charge in [-0.3, -0.25) is 14.9 Å². The first-order valence-corrected chi connectivity index (χ1v) is 7.99. The van der Waals surface area contributed by atoms with Gasteiger partial charge in [0.05, 0.1) is 21.2 Å². The topological polar surface area (TPSA) is 81.5 Å². The molecular weight excluding hydrogens is 356 g/mol. The first-order chi connectivity index (χ1) is 12.5. The molecule has 3 aromatic carbocycles. The summed E-state index contributed by atoms with van der Waals surface area (Å²) in [7, 11) is 0. The summed E-state index contributed by atoms with van der Waals surface area (Å²) < 4.78 is 5.76. The summed E-state index contributed by atoms with van der Waals surface area (Å²) in [4.78, 5) is 23.0. The van der Waals surface area contributed by atoms with Crippen LogP contribution in [0, 0.1) is 10.1 Å². The molecule has 0 heterocycles. The van der Waals surface area contributed by atoms with Crippen molar-refractivity contribution < 1.29 is 14.5 Å². The standard InChI is InChI=1S/C19H13ClN2O4/c20-16-11-10-13(22(24)25)12-17(16)21-19(23)15-8-4-5-9-18(15)26-14-6-2-1-3-7-14/h1-12H,(H,21,23). The van der Waals surface area contributed by atoms with Gasteiger partial charge in [0.25, 0.3) is 11.6 Å². The van der Waals surface area contributed by atoms with E-state index < -0.39 is 10.8 Å². The van der Waals surface area contributed by atoms with Crippen LogP contribution in [-0.2, 0) is 0 Å². The Labute approximate surface area is 154 Å². The fourth-order valence-electron chi connectivity index (χ4n) is 2.27. The quantitative estimate of drug-likeness (QED) is 0.489. The maximum absolute atomic E-state index is 12.6. The summed E-state index contributed by atoms with van der Waals surface area (Å²) in [6.45, 7) is 0. The van der Waals surface area contributed by atoms with E-state index in [9.17, 15) is 14.9 Å². The Bertz CT molecular complexity index is 961. The first-order valence-electron chi connectivity index (χ1n) is 7.62. The summed E-state index contributed by atoms with van der Waals surface area (Å²) in [5, 5.41) is 13.7. The van der Waals surface area contributed by atoms with Crippen molar-refractivity contribution in [1.29, 1.82) is 0 Å². The molecule has 130 valence electrons. The number of rotatable bonds is 5. The second-order valence-corrected chi connectivity index (χ2v) is 5.69. The highest BCUT2D eigenvalue weighted by Gasteiger charge is 2.16. The Kier molecular flexibility index (Phi) is 5.15. The lowest BCUT2D eigenvalue weighted by Gasteiger charge is -2.12. The van der Waals surface area contributed by atoms with Crippen molar-refractivity contribution in [2.45, 2.75) is 0 Å². The van der Waals surface area contributed by atoms with Gasteiger partial charge in [0, 0.05) is 12.1 Å². The van der Waals surface area contributed by atoms with Crippen molar-refractivity contribution in [1.82, 2.24) is 0 Å². The molecule has 3 aromatic rings. The predicted molar refractivity (Wildman–Crippen MR) is 99.0 cm³/mol.